The number of rotatable bonds is 5. The summed E-state index contributed by atoms with van der Waals surface area (Å²) < 4.78 is 18.2. The van der Waals surface area contributed by atoms with Crippen molar-refractivity contribution in [2.75, 3.05) is 19.1 Å². The Kier molecular flexibility index (Phi) is 5.18. The molecule has 0 fully saturated rings. The van der Waals surface area contributed by atoms with Crippen LogP contribution >= 0.6 is 0 Å². The monoisotopic (exact) mass is 364 g/mol. The van der Waals surface area contributed by atoms with Gasteiger partial charge >= 0.3 is 0 Å². The lowest BCUT2D eigenvalue weighted by molar-refractivity contribution is 0.415. The van der Waals surface area contributed by atoms with Gasteiger partial charge < -0.3 is 9.64 Å². The summed E-state index contributed by atoms with van der Waals surface area (Å²) in [5.74, 6) is 0.665. The van der Waals surface area contributed by atoms with Crippen molar-refractivity contribution >= 4 is 5.95 Å². The van der Waals surface area contributed by atoms with E-state index in [9.17, 15) is 14.4 Å². The zero-order valence-electron chi connectivity index (χ0n) is 14.9. The minimum absolute atomic E-state index is 0.0564. The highest BCUT2D eigenvalue weighted by molar-refractivity contribution is 5.67. The van der Waals surface area contributed by atoms with Crippen LogP contribution in [0.4, 0.5) is 10.3 Å². The number of nitriles is 1. The number of benzene rings is 2. The van der Waals surface area contributed by atoms with E-state index in [0.29, 0.717) is 29.5 Å². The topological polar surface area (TPSA) is 82.0 Å². The van der Waals surface area contributed by atoms with Crippen LogP contribution in [0.1, 0.15) is 11.1 Å². The predicted octanol–water partition coefficient (Wildman–Crippen LogP) is 3.09. The summed E-state index contributed by atoms with van der Waals surface area (Å²) >= 11 is 0. The quantitative estimate of drug-likeness (QED) is 0.752. The van der Waals surface area contributed by atoms with Gasteiger partial charge in [0.15, 0.2) is 0 Å². The van der Waals surface area contributed by atoms with E-state index in [0.717, 1.165) is 5.56 Å². The number of H-pyrrole nitrogens is 1. The first-order valence-electron chi connectivity index (χ1n) is 8.16. The Balaban J connectivity index is 1.99. The van der Waals surface area contributed by atoms with Crippen molar-refractivity contribution in [3.63, 3.8) is 0 Å². The highest BCUT2D eigenvalue weighted by Gasteiger charge is 2.15. The minimum Gasteiger partial charge on any atom is -0.497 e. The summed E-state index contributed by atoms with van der Waals surface area (Å²) in [4.78, 5) is 21.2. The minimum atomic E-state index is -0.515. The van der Waals surface area contributed by atoms with Crippen LogP contribution in [0.5, 0.6) is 5.75 Å². The fourth-order valence-corrected chi connectivity index (χ4v) is 2.64. The number of aromatic amines is 1. The van der Waals surface area contributed by atoms with Crippen LogP contribution in [0.2, 0.25) is 0 Å². The van der Waals surface area contributed by atoms with Crippen LogP contribution in [0.3, 0.4) is 0 Å². The molecule has 0 unspecified atom stereocenters. The molecule has 1 aromatic heterocycles. The first kappa shape index (κ1) is 18.1. The fourth-order valence-electron chi connectivity index (χ4n) is 2.64. The first-order chi connectivity index (χ1) is 13.0. The summed E-state index contributed by atoms with van der Waals surface area (Å²) in [6.45, 7) is 0.414. The third kappa shape index (κ3) is 3.96. The lowest BCUT2D eigenvalue weighted by atomic mass is 10.1. The summed E-state index contributed by atoms with van der Waals surface area (Å²) in [5, 5.41) is 9.37. The Morgan fingerprint density at radius 3 is 2.44 bits per heavy atom. The van der Waals surface area contributed by atoms with E-state index in [1.165, 1.54) is 12.1 Å². The number of aromatic nitrogens is 2. The molecule has 2 aromatic carbocycles. The molecular formula is C20H17FN4O2. The van der Waals surface area contributed by atoms with Gasteiger partial charge in [0, 0.05) is 19.2 Å². The van der Waals surface area contributed by atoms with Gasteiger partial charge in [0.1, 0.15) is 23.2 Å². The third-order valence-electron chi connectivity index (χ3n) is 4.08. The van der Waals surface area contributed by atoms with Gasteiger partial charge in [0.05, 0.1) is 12.8 Å². The number of ether oxygens (including phenoxy) is 1. The first-order valence-corrected chi connectivity index (χ1v) is 8.16. The Hall–Kier alpha value is -3.66. The number of hydrogen-bond donors (Lipinski definition) is 1. The predicted molar refractivity (Wildman–Crippen MR) is 100 cm³/mol. The van der Waals surface area contributed by atoms with E-state index in [1.807, 2.05) is 6.07 Å². The number of methoxy groups -OCH3 is 1. The number of halogens is 1. The molecule has 0 amide bonds. The maximum absolute atomic E-state index is 13.1. The van der Waals surface area contributed by atoms with Crippen LogP contribution in [-0.4, -0.2) is 24.1 Å². The molecule has 0 saturated heterocycles. The molecule has 1 N–H and O–H groups in total. The van der Waals surface area contributed by atoms with Crippen LogP contribution in [0.15, 0.2) is 53.3 Å². The molecule has 0 aliphatic carbocycles. The van der Waals surface area contributed by atoms with Crippen molar-refractivity contribution in [1.82, 2.24) is 9.97 Å². The Morgan fingerprint density at radius 2 is 1.85 bits per heavy atom. The molecule has 0 radical (unpaired) electrons. The van der Waals surface area contributed by atoms with E-state index < -0.39 is 5.56 Å². The lowest BCUT2D eigenvalue weighted by Crippen LogP contribution is -2.24. The summed E-state index contributed by atoms with van der Waals surface area (Å²) in [6, 6.07) is 15.0. The van der Waals surface area contributed by atoms with Crippen LogP contribution in [0, 0.1) is 17.1 Å². The fraction of sp³-hybridized carbons (Fsp3) is 0.150. The van der Waals surface area contributed by atoms with Crippen molar-refractivity contribution in [3.8, 4) is 23.1 Å². The number of anilines is 1. The van der Waals surface area contributed by atoms with Gasteiger partial charge in [0.2, 0.25) is 5.95 Å². The Labute approximate surface area is 155 Å². The zero-order chi connectivity index (χ0) is 19.4. The van der Waals surface area contributed by atoms with E-state index in [1.54, 1.807) is 55.5 Å². The van der Waals surface area contributed by atoms with Crippen molar-refractivity contribution in [3.05, 3.63) is 75.8 Å². The maximum atomic E-state index is 13.1. The van der Waals surface area contributed by atoms with Crippen molar-refractivity contribution in [2.45, 2.75) is 6.54 Å². The Bertz CT molecular complexity index is 1040. The molecule has 3 rings (SSSR count). The Morgan fingerprint density at radius 1 is 1.19 bits per heavy atom. The summed E-state index contributed by atoms with van der Waals surface area (Å²) in [5.41, 5.74) is 1.22. The molecule has 0 saturated carbocycles. The maximum Gasteiger partial charge on any atom is 0.270 e. The molecule has 6 nitrogen and oxygen atoms in total. The van der Waals surface area contributed by atoms with Gasteiger partial charge in [-0.1, -0.05) is 12.1 Å². The van der Waals surface area contributed by atoms with Crippen molar-refractivity contribution in [1.29, 1.82) is 5.26 Å². The number of nitrogens with zero attached hydrogens (tertiary/aromatic N) is 3. The van der Waals surface area contributed by atoms with E-state index >= 15 is 0 Å². The molecule has 1 heterocycles. The number of hydrogen-bond acceptors (Lipinski definition) is 5. The van der Waals surface area contributed by atoms with Gasteiger partial charge in [-0.15, -0.1) is 0 Å². The van der Waals surface area contributed by atoms with Crippen molar-refractivity contribution in [2.24, 2.45) is 0 Å². The molecule has 0 aliphatic heterocycles. The molecule has 0 aliphatic rings. The second kappa shape index (κ2) is 7.70. The van der Waals surface area contributed by atoms with Gasteiger partial charge in [-0.2, -0.15) is 5.26 Å². The van der Waals surface area contributed by atoms with Gasteiger partial charge in [0.25, 0.3) is 5.56 Å². The average Bonchev–Trinajstić information content (AvgIpc) is 2.69. The highest BCUT2D eigenvalue weighted by Crippen LogP contribution is 2.24. The molecule has 27 heavy (non-hydrogen) atoms. The molecular weight excluding hydrogens is 347 g/mol. The molecule has 136 valence electrons. The van der Waals surface area contributed by atoms with Gasteiger partial charge in [-0.3, -0.25) is 9.78 Å². The van der Waals surface area contributed by atoms with Gasteiger partial charge in [-0.05, 0) is 42.0 Å². The van der Waals surface area contributed by atoms with Gasteiger partial charge in [-0.25, -0.2) is 9.37 Å². The second-order valence-corrected chi connectivity index (χ2v) is 5.94. The number of nitrogens with one attached hydrogen (secondary N) is 1. The normalized spacial score (nSPS) is 10.3. The van der Waals surface area contributed by atoms with E-state index in [-0.39, 0.29) is 11.4 Å². The second-order valence-electron chi connectivity index (χ2n) is 5.94. The van der Waals surface area contributed by atoms with E-state index in [4.69, 9.17) is 4.74 Å². The molecule has 3 aromatic rings. The van der Waals surface area contributed by atoms with Crippen LogP contribution < -0.4 is 15.2 Å². The third-order valence-corrected chi connectivity index (χ3v) is 4.08. The van der Waals surface area contributed by atoms with Crippen LogP contribution in [-0.2, 0) is 6.54 Å². The molecule has 0 atom stereocenters. The molecule has 7 heteroatoms. The average molecular weight is 364 g/mol. The molecule has 0 bridgehead atoms. The van der Waals surface area contributed by atoms with E-state index in [2.05, 4.69) is 9.97 Å². The SMILES string of the molecule is COc1ccc(-c2nc(N(C)Cc3ccc(F)cc3)[nH]c(=O)c2C#N)cc1. The smallest absolute Gasteiger partial charge is 0.270 e. The summed E-state index contributed by atoms with van der Waals surface area (Å²) in [7, 11) is 3.31. The van der Waals surface area contributed by atoms with Crippen molar-refractivity contribution < 1.29 is 9.13 Å². The lowest BCUT2D eigenvalue weighted by Gasteiger charge is -2.19. The summed E-state index contributed by atoms with van der Waals surface area (Å²) in [6.07, 6.45) is 0. The zero-order valence-corrected chi connectivity index (χ0v) is 14.9. The standard InChI is InChI=1S/C20H17FN4O2/c1-25(12-13-3-7-15(21)8-4-13)20-23-18(17(11-22)19(26)24-20)14-5-9-16(27-2)10-6-14/h3-10H,12H2,1-2H3,(H,23,24,26). The highest BCUT2D eigenvalue weighted by atomic mass is 19.1. The largest absolute Gasteiger partial charge is 0.497 e. The van der Waals surface area contributed by atoms with Crippen LogP contribution in [0.25, 0.3) is 11.3 Å². The molecule has 0 spiro atoms.